The normalized spacial score (nSPS) is 18.5. The molecule has 1 aromatic rings. The summed E-state index contributed by atoms with van der Waals surface area (Å²) in [6, 6.07) is 8.96. The van der Waals surface area contributed by atoms with E-state index in [1.807, 2.05) is 17.0 Å². The number of hydrogen-bond acceptors (Lipinski definition) is 2. The van der Waals surface area contributed by atoms with Gasteiger partial charge in [-0.05, 0) is 45.7 Å². The summed E-state index contributed by atoms with van der Waals surface area (Å²) < 4.78 is 0. The number of hydrogen-bond donors (Lipinski definition) is 1. The minimum absolute atomic E-state index is 0.235. The Hall–Kier alpha value is -1.35. The van der Waals surface area contributed by atoms with Gasteiger partial charge in [0.05, 0.1) is 6.42 Å². The van der Waals surface area contributed by atoms with Gasteiger partial charge in [-0.25, -0.2) is 0 Å². The van der Waals surface area contributed by atoms with E-state index in [0.29, 0.717) is 12.5 Å². The first-order valence-electron chi connectivity index (χ1n) is 7.64. The molecular formula is C17H26N2O. The van der Waals surface area contributed by atoms with Crippen molar-refractivity contribution in [2.24, 2.45) is 0 Å². The Balaban J connectivity index is 1.99. The molecule has 1 N–H and O–H groups in total. The number of nitrogens with one attached hydrogen (secondary N) is 1. The molecule has 1 heterocycles. The third-order valence-corrected chi connectivity index (χ3v) is 3.96. The van der Waals surface area contributed by atoms with Crippen LogP contribution in [0.4, 0.5) is 0 Å². The van der Waals surface area contributed by atoms with E-state index in [9.17, 15) is 4.79 Å². The molecule has 0 radical (unpaired) electrons. The summed E-state index contributed by atoms with van der Waals surface area (Å²) in [6.07, 6.45) is 2.91. The number of aryl methyl sites for hydroxylation is 1. The zero-order valence-corrected chi connectivity index (χ0v) is 12.9. The second kappa shape index (κ2) is 6.89. The lowest BCUT2D eigenvalue weighted by Gasteiger charge is -2.29. The zero-order chi connectivity index (χ0) is 14.5. The summed E-state index contributed by atoms with van der Waals surface area (Å²) in [7, 11) is 0. The molecule has 1 unspecified atom stereocenters. The van der Waals surface area contributed by atoms with Crippen LogP contribution in [-0.2, 0) is 11.2 Å². The van der Waals surface area contributed by atoms with Gasteiger partial charge >= 0.3 is 0 Å². The highest BCUT2D eigenvalue weighted by Crippen LogP contribution is 2.12. The van der Waals surface area contributed by atoms with Crippen molar-refractivity contribution in [1.29, 1.82) is 0 Å². The summed E-state index contributed by atoms with van der Waals surface area (Å²) >= 11 is 0. The van der Waals surface area contributed by atoms with E-state index in [1.54, 1.807) is 0 Å². The van der Waals surface area contributed by atoms with Crippen molar-refractivity contribution in [3.8, 4) is 0 Å². The lowest BCUT2D eigenvalue weighted by atomic mass is 10.1. The van der Waals surface area contributed by atoms with Crippen molar-refractivity contribution in [3.63, 3.8) is 0 Å². The van der Waals surface area contributed by atoms with Gasteiger partial charge in [0.25, 0.3) is 0 Å². The molecule has 0 bridgehead atoms. The summed E-state index contributed by atoms with van der Waals surface area (Å²) in [5.41, 5.74) is 2.32. The van der Waals surface area contributed by atoms with Crippen molar-refractivity contribution >= 4 is 5.91 Å². The van der Waals surface area contributed by atoms with Crippen LogP contribution >= 0.6 is 0 Å². The first-order chi connectivity index (χ1) is 9.56. The van der Waals surface area contributed by atoms with Crippen LogP contribution in [-0.4, -0.2) is 36.0 Å². The first kappa shape index (κ1) is 15.0. The summed E-state index contributed by atoms with van der Waals surface area (Å²) in [5, 5.41) is 3.48. The number of carbonyl (C=O) groups is 1. The van der Waals surface area contributed by atoms with Crippen molar-refractivity contribution in [3.05, 3.63) is 35.4 Å². The predicted molar refractivity (Wildman–Crippen MR) is 82.8 cm³/mol. The monoisotopic (exact) mass is 274 g/mol. The highest BCUT2D eigenvalue weighted by atomic mass is 16.2. The van der Waals surface area contributed by atoms with Gasteiger partial charge in [-0.15, -0.1) is 0 Å². The van der Waals surface area contributed by atoms with E-state index in [0.717, 1.165) is 18.7 Å². The fourth-order valence-electron chi connectivity index (χ4n) is 2.85. The Morgan fingerprint density at radius 3 is 2.85 bits per heavy atom. The maximum atomic E-state index is 12.6. The van der Waals surface area contributed by atoms with Crippen LogP contribution in [0, 0.1) is 6.92 Å². The van der Waals surface area contributed by atoms with E-state index in [2.05, 4.69) is 38.2 Å². The van der Waals surface area contributed by atoms with E-state index >= 15 is 0 Å². The van der Waals surface area contributed by atoms with E-state index in [-0.39, 0.29) is 11.9 Å². The third-order valence-electron chi connectivity index (χ3n) is 3.96. The molecule has 1 saturated heterocycles. The number of nitrogens with zero attached hydrogens (tertiary/aromatic N) is 1. The quantitative estimate of drug-likeness (QED) is 0.895. The van der Waals surface area contributed by atoms with E-state index < -0.39 is 0 Å². The summed E-state index contributed by atoms with van der Waals surface area (Å²) in [5.74, 6) is 0.235. The molecule has 0 aromatic heterocycles. The molecule has 1 amide bonds. The molecule has 0 saturated carbocycles. The van der Waals surface area contributed by atoms with Gasteiger partial charge in [0.2, 0.25) is 5.91 Å². The lowest BCUT2D eigenvalue weighted by molar-refractivity contribution is -0.132. The maximum Gasteiger partial charge on any atom is 0.227 e. The SMILES string of the molecule is Cc1cccc(CC(=O)N(CC2CCCN2)C(C)C)c1. The van der Waals surface area contributed by atoms with Crippen LogP contribution < -0.4 is 5.32 Å². The Labute approximate surface area is 122 Å². The minimum Gasteiger partial charge on any atom is -0.338 e. The van der Waals surface area contributed by atoms with Crippen LogP contribution in [0.2, 0.25) is 0 Å². The van der Waals surface area contributed by atoms with Gasteiger partial charge in [-0.3, -0.25) is 4.79 Å². The van der Waals surface area contributed by atoms with Gasteiger partial charge in [-0.1, -0.05) is 29.8 Å². The van der Waals surface area contributed by atoms with Crippen LogP contribution in [0.3, 0.4) is 0 Å². The molecule has 0 spiro atoms. The van der Waals surface area contributed by atoms with Crippen molar-refractivity contribution in [2.45, 2.75) is 52.1 Å². The standard InChI is InChI=1S/C17H26N2O/c1-13(2)19(12-16-8-5-9-18-16)17(20)11-15-7-4-6-14(3)10-15/h4,6-7,10,13,16,18H,5,8-9,11-12H2,1-3H3. The Bertz CT molecular complexity index is 450. The predicted octanol–water partition coefficient (Wildman–Crippen LogP) is 2.53. The molecule has 3 heteroatoms. The molecule has 1 aliphatic rings. The number of carbonyl (C=O) groups excluding carboxylic acids is 1. The number of amides is 1. The van der Waals surface area contributed by atoms with Gasteiger partial charge in [0, 0.05) is 18.6 Å². The molecule has 20 heavy (non-hydrogen) atoms. The van der Waals surface area contributed by atoms with Gasteiger partial charge < -0.3 is 10.2 Å². The fourth-order valence-corrected chi connectivity index (χ4v) is 2.85. The van der Waals surface area contributed by atoms with Crippen molar-refractivity contribution in [1.82, 2.24) is 10.2 Å². The average Bonchev–Trinajstić information content (AvgIpc) is 2.88. The third kappa shape index (κ3) is 4.07. The van der Waals surface area contributed by atoms with Crippen LogP contribution in [0.25, 0.3) is 0 Å². The Morgan fingerprint density at radius 1 is 1.45 bits per heavy atom. The summed E-state index contributed by atoms with van der Waals surface area (Å²) in [4.78, 5) is 14.6. The van der Waals surface area contributed by atoms with E-state index in [4.69, 9.17) is 0 Å². The molecule has 2 rings (SSSR count). The van der Waals surface area contributed by atoms with Crippen molar-refractivity contribution < 1.29 is 4.79 Å². The largest absolute Gasteiger partial charge is 0.338 e. The molecule has 1 aliphatic heterocycles. The lowest BCUT2D eigenvalue weighted by Crippen LogP contribution is -2.45. The average molecular weight is 274 g/mol. The van der Waals surface area contributed by atoms with Crippen LogP contribution in [0.15, 0.2) is 24.3 Å². The Morgan fingerprint density at radius 2 is 2.25 bits per heavy atom. The second-order valence-corrected chi connectivity index (χ2v) is 6.10. The van der Waals surface area contributed by atoms with Crippen LogP contribution in [0.1, 0.15) is 37.8 Å². The molecular weight excluding hydrogens is 248 g/mol. The van der Waals surface area contributed by atoms with E-state index in [1.165, 1.54) is 18.4 Å². The number of benzene rings is 1. The number of rotatable bonds is 5. The molecule has 110 valence electrons. The van der Waals surface area contributed by atoms with Crippen molar-refractivity contribution in [2.75, 3.05) is 13.1 Å². The van der Waals surface area contributed by atoms with Gasteiger partial charge in [0.1, 0.15) is 0 Å². The zero-order valence-electron chi connectivity index (χ0n) is 12.9. The molecule has 1 fully saturated rings. The van der Waals surface area contributed by atoms with Gasteiger partial charge in [-0.2, -0.15) is 0 Å². The molecule has 1 aromatic carbocycles. The first-order valence-corrected chi connectivity index (χ1v) is 7.64. The fraction of sp³-hybridized carbons (Fsp3) is 0.588. The second-order valence-electron chi connectivity index (χ2n) is 6.10. The smallest absolute Gasteiger partial charge is 0.227 e. The molecule has 3 nitrogen and oxygen atoms in total. The topological polar surface area (TPSA) is 32.3 Å². The Kier molecular flexibility index (Phi) is 5.18. The maximum absolute atomic E-state index is 12.6. The van der Waals surface area contributed by atoms with Gasteiger partial charge in [0.15, 0.2) is 0 Å². The minimum atomic E-state index is 0.235. The van der Waals surface area contributed by atoms with Crippen LogP contribution in [0.5, 0.6) is 0 Å². The molecule has 1 atom stereocenters. The highest BCUT2D eigenvalue weighted by Gasteiger charge is 2.23. The molecule has 0 aliphatic carbocycles. The highest BCUT2D eigenvalue weighted by molar-refractivity contribution is 5.79. The summed E-state index contributed by atoms with van der Waals surface area (Å²) in [6.45, 7) is 8.19.